The lowest BCUT2D eigenvalue weighted by molar-refractivity contribution is 0.0342. The maximum atomic E-state index is 5.59. The zero-order chi connectivity index (χ0) is 12.8. The van der Waals surface area contributed by atoms with Gasteiger partial charge in [0.15, 0.2) is 0 Å². The summed E-state index contributed by atoms with van der Waals surface area (Å²) < 4.78 is 10.9. The van der Waals surface area contributed by atoms with Crippen molar-refractivity contribution in [2.75, 3.05) is 26.3 Å². The summed E-state index contributed by atoms with van der Waals surface area (Å²) in [6.45, 7) is 9.65. The Kier molecular flexibility index (Phi) is 5.17. The maximum absolute atomic E-state index is 5.59. The predicted molar refractivity (Wildman–Crippen MR) is 72.5 cm³/mol. The number of hydrogen-bond donors (Lipinski definition) is 0. The van der Waals surface area contributed by atoms with E-state index in [1.54, 1.807) is 0 Å². The third-order valence-corrected chi connectivity index (χ3v) is 3.12. The van der Waals surface area contributed by atoms with E-state index in [1.165, 1.54) is 11.1 Å². The summed E-state index contributed by atoms with van der Waals surface area (Å²) in [5.41, 5.74) is 2.61. The van der Waals surface area contributed by atoms with E-state index in [1.807, 2.05) is 0 Å². The molecule has 0 bridgehead atoms. The first-order chi connectivity index (χ1) is 8.74. The second-order valence-electron chi connectivity index (χ2n) is 5.06. The van der Waals surface area contributed by atoms with Gasteiger partial charge in [-0.2, -0.15) is 0 Å². The highest BCUT2D eigenvalue weighted by Crippen LogP contribution is 2.10. The molecule has 1 aliphatic heterocycles. The van der Waals surface area contributed by atoms with Crippen molar-refractivity contribution in [2.24, 2.45) is 0 Å². The standard InChI is InChI=1S/C15H23NO2/c1-13(2)18-12-15-5-3-14(4-6-15)11-16-7-9-17-10-8-16/h3-6,13H,7-12H2,1-2H3. The van der Waals surface area contributed by atoms with E-state index in [2.05, 4.69) is 43.0 Å². The molecule has 1 fully saturated rings. The van der Waals surface area contributed by atoms with Crippen molar-refractivity contribution in [1.29, 1.82) is 0 Å². The Morgan fingerprint density at radius 2 is 1.72 bits per heavy atom. The van der Waals surface area contributed by atoms with E-state index in [-0.39, 0.29) is 6.10 Å². The largest absolute Gasteiger partial charge is 0.379 e. The van der Waals surface area contributed by atoms with Crippen LogP contribution < -0.4 is 0 Å². The van der Waals surface area contributed by atoms with Crippen LogP contribution in [0.15, 0.2) is 24.3 Å². The minimum atomic E-state index is 0.290. The molecule has 0 radical (unpaired) electrons. The van der Waals surface area contributed by atoms with Crippen molar-refractivity contribution in [3.63, 3.8) is 0 Å². The summed E-state index contributed by atoms with van der Waals surface area (Å²) in [5.74, 6) is 0. The molecule has 1 aromatic rings. The van der Waals surface area contributed by atoms with Gasteiger partial charge in [-0.15, -0.1) is 0 Å². The molecule has 0 unspecified atom stereocenters. The molecule has 0 atom stereocenters. The Bertz CT molecular complexity index is 342. The molecule has 1 saturated heterocycles. The fraction of sp³-hybridized carbons (Fsp3) is 0.600. The van der Waals surface area contributed by atoms with E-state index in [0.717, 1.165) is 32.8 Å². The number of morpholine rings is 1. The Balaban J connectivity index is 1.83. The highest BCUT2D eigenvalue weighted by atomic mass is 16.5. The van der Waals surface area contributed by atoms with Crippen LogP contribution in [-0.2, 0) is 22.6 Å². The summed E-state index contributed by atoms with van der Waals surface area (Å²) in [5, 5.41) is 0. The van der Waals surface area contributed by atoms with Crippen LogP contribution in [0.3, 0.4) is 0 Å². The van der Waals surface area contributed by atoms with Crippen molar-refractivity contribution < 1.29 is 9.47 Å². The van der Waals surface area contributed by atoms with Gasteiger partial charge in [0.1, 0.15) is 0 Å². The molecule has 0 spiro atoms. The van der Waals surface area contributed by atoms with Crippen LogP contribution in [0, 0.1) is 0 Å². The summed E-state index contributed by atoms with van der Waals surface area (Å²) in [4.78, 5) is 2.43. The van der Waals surface area contributed by atoms with Crippen molar-refractivity contribution in [3.05, 3.63) is 35.4 Å². The quantitative estimate of drug-likeness (QED) is 0.800. The number of nitrogens with zero attached hydrogens (tertiary/aromatic N) is 1. The topological polar surface area (TPSA) is 21.7 Å². The van der Waals surface area contributed by atoms with Crippen LogP contribution in [0.5, 0.6) is 0 Å². The lowest BCUT2D eigenvalue weighted by Crippen LogP contribution is -2.35. The molecule has 100 valence electrons. The summed E-state index contributed by atoms with van der Waals surface area (Å²) in [7, 11) is 0. The van der Waals surface area contributed by atoms with Crippen LogP contribution in [0.2, 0.25) is 0 Å². The van der Waals surface area contributed by atoms with Gasteiger partial charge < -0.3 is 9.47 Å². The molecule has 1 heterocycles. The second kappa shape index (κ2) is 6.88. The zero-order valence-electron chi connectivity index (χ0n) is 11.4. The van der Waals surface area contributed by atoms with Gasteiger partial charge in [-0.1, -0.05) is 24.3 Å². The smallest absolute Gasteiger partial charge is 0.0720 e. The first-order valence-electron chi connectivity index (χ1n) is 6.73. The van der Waals surface area contributed by atoms with Gasteiger partial charge in [0, 0.05) is 19.6 Å². The molecule has 2 rings (SSSR count). The molecule has 18 heavy (non-hydrogen) atoms. The minimum Gasteiger partial charge on any atom is -0.379 e. The Morgan fingerprint density at radius 1 is 1.11 bits per heavy atom. The number of benzene rings is 1. The molecule has 3 heteroatoms. The van der Waals surface area contributed by atoms with E-state index < -0.39 is 0 Å². The molecule has 0 aliphatic carbocycles. The molecule has 1 aliphatic rings. The lowest BCUT2D eigenvalue weighted by atomic mass is 10.1. The highest BCUT2D eigenvalue weighted by Gasteiger charge is 2.10. The first-order valence-corrected chi connectivity index (χ1v) is 6.73. The molecular weight excluding hydrogens is 226 g/mol. The van der Waals surface area contributed by atoms with Crippen molar-refractivity contribution in [1.82, 2.24) is 4.90 Å². The zero-order valence-corrected chi connectivity index (χ0v) is 11.4. The lowest BCUT2D eigenvalue weighted by Gasteiger charge is -2.26. The fourth-order valence-electron chi connectivity index (χ4n) is 2.02. The van der Waals surface area contributed by atoms with E-state index in [9.17, 15) is 0 Å². The molecule has 0 amide bonds. The number of hydrogen-bond acceptors (Lipinski definition) is 3. The molecule has 3 nitrogen and oxygen atoms in total. The molecule has 0 aromatic heterocycles. The van der Waals surface area contributed by atoms with Gasteiger partial charge in [0.05, 0.1) is 25.9 Å². The maximum Gasteiger partial charge on any atom is 0.0720 e. The van der Waals surface area contributed by atoms with Gasteiger partial charge in [-0.05, 0) is 25.0 Å². The van der Waals surface area contributed by atoms with Crippen molar-refractivity contribution in [2.45, 2.75) is 33.1 Å². The van der Waals surface area contributed by atoms with Crippen LogP contribution in [0.1, 0.15) is 25.0 Å². The molecule has 0 saturated carbocycles. The van der Waals surface area contributed by atoms with Gasteiger partial charge in [-0.25, -0.2) is 0 Å². The van der Waals surface area contributed by atoms with Crippen LogP contribution >= 0.6 is 0 Å². The molecule has 0 N–H and O–H groups in total. The number of rotatable bonds is 5. The summed E-state index contributed by atoms with van der Waals surface area (Å²) >= 11 is 0. The minimum absolute atomic E-state index is 0.290. The third-order valence-electron chi connectivity index (χ3n) is 3.12. The van der Waals surface area contributed by atoms with Crippen molar-refractivity contribution >= 4 is 0 Å². The van der Waals surface area contributed by atoms with E-state index in [0.29, 0.717) is 6.61 Å². The molecular formula is C15H23NO2. The van der Waals surface area contributed by atoms with Crippen LogP contribution in [0.25, 0.3) is 0 Å². The second-order valence-corrected chi connectivity index (χ2v) is 5.06. The fourth-order valence-corrected chi connectivity index (χ4v) is 2.02. The van der Waals surface area contributed by atoms with E-state index >= 15 is 0 Å². The Hall–Kier alpha value is -0.900. The monoisotopic (exact) mass is 249 g/mol. The highest BCUT2D eigenvalue weighted by molar-refractivity contribution is 5.22. The van der Waals surface area contributed by atoms with Crippen LogP contribution in [0.4, 0.5) is 0 Å². The Morgan fingerprint density at radius 3 is 2.33 bits per heavy atom. The van der Waals surface area contributed by atoms with E-state index in [4.69, 9.17) is 9.47 Å². The van der Waals surface area contributed by atoms with Gasteiger partial charge >= 0.3 is 0 Å². The predicted octanol–water partition coefficient (Wildman–Crippen LogP) is 2.44. The van der Waals surface area contributed by atoms with Gasteiger partial charge in [0.25, 0.3) is 0 Å². The summed E-state index contributed by atoms with van der Waals surface area (Å²) in [6, 6.07) is 8.74. The van der Waals surface area contributed by atoms with Crippen LogP contribution in [-0.4, -0.2) is 37.3 Å². The van der Waals surface area contributed by atoms with Crippen molar-refractivity contribution in [3.8, 4) is 0 Å². The van der Waals surface area contributed by atoms with Gasteiger partial charge in [0.2, 0.25) is 0 Å². The third kappa shape index (κ3) is 4.41. The number of ether oxygens (including phenoxy) is 2. The SMILES string of the molecule is CC(C)OCc1ccc(CN2CCOCC2)cc1. The Labute approximate surface area is 110 Å². The first kappa shape index (κ1) is 13.5. The molecule has 1 aromatic carbocycles. The normalized spacial score (nSPS) is 17.3. The van der Waals surface area contributed by atoms with Gasteiger partial charge in [-0.3, -0.25) is 4.90 Å². The average Bonchev–Trinajstić information content (AvgIpc) is 2.39. The summed E-state index contributed by atoms with van der Waals surface area (Å²) in [6.07, 6.45) is 0.290. The average molecular weight is 249 g/mol.